The number of anilines is 1. The molecule has 1 aromatic carbocycles. The Labute approximate surface area is 144 Å². The van der Waals surface area contributed by atoms with Crippen molar-refractivity contribution in [1.29, 1.82) is 0 Å². The molecule has 2 aromatic rings. The third-order valence-electron chi connectivity index (χ3n) is 3.79. The Balaban J connectivity index is 2.21. The summed E-state index contributed by atoms with van der Waals surface area (Å²) in [4.78, 5) is 25.9. The van der Waals surface area contributed by atoms with Crippen molar-refractivity contribution in [3.63, 3.8) is 0 Å². The Morgan fingerprint density at radius 1 is 1.44 bits per heavy atom. The van der Waals surface area contributed by atoms with Gasteiger partial charge in [0.2, 0.25) is 0 Å². The van der Waals surface area contributed by atoms with Crippen molar-refractivity contribution in [3.05, 3.63) is 52.6 Å². The molecule has 1 N–H and O–H groups in total. The standard InChI is InChI=1S/C16H19N5O4/c1-11(12(2)20-10-17-9-18-20)19-14-6-4-13(5-7-16(22)25-3)8-15(14)21(23)24/h4-12,19H,1-3H3/b7-5-/t11-,12+/m1/s1. The minimum Gasteiger partial charge on any atom is -0.466 e. The van der Waals surface area contributed by atoms with Gasteiger partial charge >= 0.3 is 5.97 Å². The van der Waals surface area contributed by atoms with Crippen LogP contribution in [0.1, 0.15) is 25.5 Å². The number of esters is 1. The second-order valence-electron chi connectivity index (χ2n) is 5.44. The minimum atomic E-state index is -0.528. The molecule has 0 saturated carbocycles. The molecule has 25 heavy (non-hydrogen) atoms. The van der Waals surface area contributed by atoms with Crippen LogP contribution < -0.4 is 5.32 Å². The Kier molecular flexibility index (Phi) is 5.83. The van der Waals surface area contributed by atoms with Gasteiger partial charge in [-0.05, 0) is 31.6 Å². The van der Waals surface area contributed by atoms with Crippen LogP contribution in [0.25, 0.3) is 6.08 Å². The van der Waals surface area contributed by atoms with Gasteiger partial charge in [0.1, 0.15) is 18.3 Å². The van der Waals surface area contributed by atoms with E-state index in [4.69, 9.17) is 0 Å². The lowest BCUT2D eigenvalue weighted by molar-refractivity contribution is -0.384. The zero-order valence-corrected chi connectivity index (χ0v) is 14.1. The van der Waals surface area contributed by atoms with E-state index in [-0.39, 0.29) is 17.8 Å². The highest BCUT2D eigenvalue weighted by atomic mass is 16.6. The molecular formula is C16H19N5O4. The smallest absolute Gasteiger partial charge is 0.330 e. The maximum Gasteiger partial charge on any atom is 0.330 e. The topological polar surface area (TPSA) is 112 Å². The van der Waals surface area contributed by atoms with Gasteiger partial charge in [-0.25, -0.2) is 14.5 Å². The SMILES string of the molecule is COC(=O)/C=C\c1ccc(N[C@H](C)[C@H](C)n2cncn2)c([N+](=O)[O-])c1. The number of nitrogens with one attached hydrogen (secondary N) is 1. The van der Waals surface area contributed by atoms with Crippen LogP contribution in [-0.2, 0) is 9.53 Å². The van der Waals surface area contributed by atoms with Crippen LogP contribution >= 0.6 is 0 Å². The summed E-state index contributed by atoms with van der Waals surface area (Å²) in [7, 11) is 1.26. The van der Waals surface area contributed by atoms with Crippen molar-refractivity contribution in [3.8, 4) is 0 Å². The zero-order chi connectivity index (χ0) is 18.4. The first-order chi connectivity index (χ1) is 11.9. The lowest BCUT2D eigenvalue weighted by atomic mass is 10.1. The van der Waals surface area contributed by atoms with Gasteiger partial charge in [0.05, 0.1) is 18.1 Å². The first-order valence-corrected chi connectivity index (χ1v) is 7.57. The van der Waals surface area contributed by atoms with Crippen LogP contribution in [0.4, 0.5) is 11.4 Å². The summed E-state index contributed by atoms with van der Waals surface area (Å²) >= 11 is 0. The molecule has 0 unspecified atom stereocenters. The van der Waals surface area contributed by atoms with E-state index in [1.165, 1.54) is 31.7 Å². The Morgan fingerprint density at radius 3 is 2.80 bits per heavy atom. The van der Waals surface area contributed by atoms with E-state index in [0.29, 0.717) is 11.3 Å². The number of nitrogens with zero attached hydrogens (tertiary/aromatic N) is 4. The fourth-order valence-corrected chi connectivity index (χ4v) is 2.18. The Morgan fingerprint density at radius 2 is 2.20 bits per heavy atom. The Bertz CT molecular complexity index is 773. The van der Waals surface area contributed by atoms with Crippen LogP contribution in [0.3, 0.4) is 0 Å². The van der Waals surface area contributed by atoms with E-state index in [0.717, 1.165) is 0 Å². The summed E-state index contributed by atoms with van der Waals surface area (Å²) in [5.41, 5.74) is 0.837. The monoisotopic (exact) mass is 345 g/mol. The second-order valence-corrected chi connectivity index (χ2v) is 5.44. The molecule has 0 saturated heterocycles. The van der Waals surface area contributed by atoms with Crippen molar-refractivity contribution >= 4 is 23.4 Å². The third-order valence-corrected chi connectivity index (χ3v) is 3.79. The molecule has 1 aromatic heterocycles. The van der Waals surface area contributed by atoms with Gasteiger partial charge in [0.25, 0.3) is 5.69 Å². The van der Waals surface area contributed by atoms with Crippen LogP contribution in [-0.4, -0.2) is 38.8 Å². The van der Waals surface area contributed by atoms with Gasteiger partial charge in [-0.3, -0.25) is 10.1 Å². The summed E-state index contributed by atoms with van der Waals surface area (Å²) in [5.74, 6) is -0.528. The highest BCUT2D eigenvalue weighted by molar-refractivity contribution is 5.87. The first kappa shape index (κ1) is 18.1. The number of nitro groups is 1. The molecule has 0 aliphatic rings. The number of ether oxygens (including phenoxy) is 1. The molecule has 9 heteroatoms. The van der Waals surface area contributed by atoms with Crippen LogP contribution in [0.5, 0.6) is 0 Å². The number of methoxy groups -OCH3 is 1. The van der Waals surface area contributed by atoms with E-state index in [9.17, 15) is 14.9 Å². The molecule has 0 aliphatic carbocycles. The van der Waals surface area contributed by atoms with Gasteiger partial charge in [-0.15, -0.1) is 0 Å². The van der Waals surface area contributed by atoms with E-state index in [2.05, 4.69) is 20.1 Å². The maximum atomic E-state index is 11.4. The molecule has 0 aliphatic heterocycles. The molecule has 0 fully saturated rings. The molecule has 2 atom stereocenters. The van der Waals surface area contributed by atoms with Crippen molar-refractivity contribution in [2.75, 3.05) is 12.4 Å². The Hall–Kier alpha value is -3.23. The number of nitro benzene ring substituents is 1. The second kappa shape index (κ2) is 8.04. The number of carbonyl (C=O) groups is 1. The summed E-state index contributed by atoms with van der Waals surface area (Å²) in [6.07, 6.45) is 5.71. The number of benzene rings is 1. The normalized spacial score (nSPS) is 13.4. The van der Waals surface area contributed by atoms with Gasteiger partial charge in [-0.1, -0.05) is 6.07 Å². The molecule has 132 valence electrons. The average molecular weight is 345 g/mol. The van der Waals surface area contributed by atoms with Gasteiger partial charge < -0.3 is 10.1 Å². The van der Waals surface area contributed by atoms with E-state index in [1.54, 1.807) is 23.1 Å². The fourth-order valence-electron chi connectivity index (χ4n) is 2.18. The minimum absolute atomic E-state index is 0.0546. The summed E-state index contributed by atoms with van der Waals surface area (Å²) in [6, 6.07) is 4.51. The van der Waals surface area contributed by atoms with Crippen LogP contribution in [0.15, 0.2) is 36.9 Å². The molecular weight excluding hydrogens is 326 g/mol. The average Bonchev–Trinajstić information content (AvgIpc) is 3.14. The number of rotatable bonds is 7. The van der Waals surface area contributed by atoms with Gasteiger partial charge in [0, 0.05) is 18.2 Å². The summed E-state index contributed by atoms with van der Waals surface area (Å²) in [5, 5.41) is 18.6. The molecule has 0 amide bonds. The lowest BCUT2D eigenvalue weighted by Gasteiger charge is -2.22. The van der Waals surface area contributed by atoms with Crippen molar-refractivity contribution in [1.82, 2.24) is 14.8 Å². The maximum absolute atomic E-state index is 11.4. The predicted molar refractivity (Wildman–Crippen MR) is 92.0 cm³/mol. The number of aromatic nitrogens is 3. The van der Waals surface area contributed by atoms with Crippen LogP contribution in [0.2, 0.25) is 0 Å². The fraction of sp³-hybridized carbons (Fsp3) is 0.312. The zero-order valence-electron chi connectivity index (χ0n) is 14.1. The number of hydrogen-bond donors (Lipinski definition) is 1. The van der Waals surface area contributed by atoms with E-state index < -0.39 is 10.9 Å². The molecule has 1 heterocycles. The lowest BCUT2D eigenvalue weighted by Crippen LogP contribution is -2.27. The molecule has 0 bridgehead atoms. The van der Waals surface area contributed by atoms with E-state index >= 15 is 0 Å². The van der Waals surface area contributed by atoms with Crippen LogP contribution in [0, 0.1) is 10.1 Å². The van der Waals surface area contributed by atoms with Gasteiger partial charge in [-0.2, -0.15) is 5.10 Å². The molecule has 0 radical (unpaired) electrons. The molecule has 2 rings (SSSR count). The summed E-state index contributed by atoms with van der Waals surface area (Å²) in [6.45, 7) is 3.84. The summed E-state index contributed by atoms with van der Waals surface area (Å²) < 4.78 is 6.18. The molecule has 0 spiro atoms. The van der Waals surface area contributed by atoms with Gasteiger partial charge in [0.15, 0.2) is 0 Å². The largest absolute Gasteiger partial charge is 0.466 e. The molecule has 9 nitrogen and oxygen atoms in total. The first-order valence-electron chi connectivity index (χ1n) is 7.57. The quantitative estimate of drug-likeness (QED) is 0.355. The predicted octanol–water partition coefficient (Wildman–Crippen LogP) is 2.43. The van der Waals surface area contributed by atoms with E-state index in [1.807, 2.05) is 13.8 Å². The van der Waals surface area contributed by atoms with Crippen molar-refractivity contribution < 1.29 is 14.5 Å². The third kappa shape index (κ3) is 4.63. The number of carbonyl (C=O) groups excluding carboxylic acids is 1. The van der Waals surface area contributed by atoms with Crippen molar-refractivity contribution in [2.45, 2.75) is 25.9 Å². The highest BCUT2D eigenvalue weighted by Gasteiger charge is 2.20. The van der Waals surface area contributed by atoms with Crippen molar-refractivity contribution in [2.24, 2.45) is 0 Å². The highest BCUT2D eigenvalue weighted by Crippen LogP contribution is 2.28. The number of hydrogen-bond acceptors (Lipinski definition) is 7.